The van der Waals surface area contributed by atoms with Crippen molar-refractivity contribution in [2.24, 2.45) is 0 Å². The average Bonchev–Trinajstić information content (AvgIpc) is 2.43. The molecular weight excluding hydrogens is 421 g/mol. The fraction of sp³-hybridized carbons (Fsp3) is 0.500. The molecule has 0 amide bonds. The molecule has 14 heteroatoms. The van der Waals surface area contributed by atoms with E-state index >= 15 is 0 Å². The summed E-state index contributed by atoms with van der Waals surface area (Å²) in [7, 11) is -13.8. The van der Waals surface area contributed by atoms with E-state index in [0.29, 0.717) is 0 Å². The fourth-order valence-electron chi connectivity index (χ4n) is 1.65. The molecular formula is C12H17F3N2O6S3. The van der Waals surface area contributed by atoms with Crippen molar-refractivity contribution >= 4 is 35.6 Å². The molecule has 0 aliphatic heterocycles. The number of hydrogen-bond donors (Lipinski definition) is 2. The highest BCUT2D eigenvalue weighted by Crippen LogP contribution is 2.24. The fourth-order valence-corrected chi connectivity index (χ4v) is 5.48. The van der Waals surface area contributed by atoms with Crippen molar-refractivity contribution in [2.45, 2.75) is 30.3 Å². The topological polar surface area (TPSA) is 126 Å². The van der Waals surface area contributed by atoms with Crippen molar-refractivity contribution < 1.29 is 38.4 Å². The van der Waals surface area contributed by atoms with E-state index in [1.54, 1.807) is 13.8 Å². The van der Waals surface area contributed by atoms with Gasteiger partial charge in [0, 0.05) is 11.7 Å². The first-order valence-corrected chi connectivity index (χ1v) is 11.8. The lowest BCUT2D eigenvalue weighted by Gasteiger charge is -2.12. The molecule has 0 saturated heterocycles. The van der Waals surface area contributed by atoms with Gasteiger partial charge in [0.05, 0.1) is 16.4 Å². The Hall–Kier alpha value is -1.38. The molecule has 0 heterocycles. The first-order chi connectivity index (χ1) is 11.6. The SMILES string of the molecule is CC(C)NS(=O)(=O)c1ccc(NS(=O)(=O)CCS(=O)(=O)C(F)(F)F)cc1. The second kappa shape index (κ2) is 7.70. The van der Waals surface area contributed by atoms with Crippen LogP contribution in [0.2, 0.25) is 0 Å². The number of sulfone groups is 1. The van der Waals surface area contributed by atoms with Gasteiger partial charge in [0.2, 0.25) is 29.9 Å². The van der Waals surface area contributed by atoms with E-state index in [0.717, 1.165) is 24.3 Å². The Morgan fingerprint density at radius 1 is 0.923 bits per heavy atom. The molecule has 0 aliphatic rings. The van der Waals surface area contributed by atoms with Crippen LogP contribution in [0, 0.1) is 0 Å². The normalized spacial score (nSPS) is 13.8. The lowest BCUT2D eigenvalue weighted by atomic mass is 10.3. The van der Waals surface area contributed by atoms with Crippen LogP contribution in [-0.2, 0) is 29.9 Å². The Morgan fingerprint density at radius 3 is 1.85 bits per heavy atom. The zero-order valence-corrected chi connectivity index (χ0v) is 16.1. The summed E-state index contributed by atoms with van der Waals surface area (Å²) in [5, 5.41) is 0. The van der Waals surface area contributed by atoms with E-state index in [9.17, 15) is 38.4 Å². The van der Waals surface area contributed by atoms with Gasteiger partial charge in [-0.2, -0.15) is 13.2 Å². The molecule has 0 spiro atoms. The van der Waals surface area contributed by atoms with Gasteiger partial charge in [0.25, 0.3) is 0 Å². The Morgan fingerprint density at radius 2 is 1.42 bits per heavy atom. The van der Waals surface area contributed by atoms with Crippen LogP contribution >= 0.6 is 0 Å². The van der Waals surface area contributed by atoms with Crippen LogP contribution in [0.25, 0.3) is 0 Å². The summed E-state index contributed by atoms with van der Waals surface area (Å²) in [5.74, 6) is -2.93. The molecule has 0 atom stereocenters. The van der Waals surface area contributed by atoms with Gasteiger partial charge in [-0.3, -0.25) is 4.72 Å². The number of rotatable bonds is 8. The standard InChI is InChI=1S/C12H17F3N2O6S3/c1-9(2)16-26(22,23)11-5-3-10(4-6-11)17-25(20,21)8-7-24(18,19)12(13,14)15/h3-6,9,16-17H,7-8H2,1-2H3. The Bertz CT molecular complexity index is 937. The molecule has 1 rings (SSSR count). The average molecular weight is 438 g/mol. The van der Waals surface area contributed by atoms with Crippen LogP contribution in [0.15, 0.2) is 29.2 Å². The highest BCUT2D eigenvalue weighted by Gasteiger charge is 2.45. The molecule has 0 aliphatic carbocycles. The summed E-state index contributed by atoms with van der Waals surface area (Å²) in [6.07, 6.45) is 0. The van der Waals surface area contributed by atoms with Gasteiger partial charge in [0.1, 0.15) is 0 Å². The van der Waals surface area contributed by atoms with Crippen molar-refractivity contribution in [3.05, 3.63) is 24.3 Å². The van der Waals surface area contributed by atoms with Crippen molar-refractivity contribution in [2.75, 3.05) is 16.2 Å². The molecule has 150 valence electrons. The van der Waals surface area contributed by atoms with Gasteiger partial charge < -0.3 is 0 Å². The van der Waals surface area contributed by atoms with E-state index in [-0.39, 0.29) is 16.6 Å². The zero-order valence-electron chi connectivity index (χ0n) is 13.6. The van der Waals surface area contributed by atoms with Crippen LogP contribution in [-0.4, -0.2) is 48.3 Å². The molecule has 0 saturated carbocycles. The molecule has 8 nitrogen and oxygen atoms in total. The number of anilines is 1. The molecule has 1 aromatic carbocycles. The van der Waals surface area contributed by atoms with Gasteiger partial charge in [-0.1, -0.05) is 0 Å². The maximum absolute atomic E-state index is 12.2. The van der Waals surface area contributed by atoms with Crippen molar-refractivity contribution in [3.63, 3.8) is 0 Å². The maximum atomic E-state index is 12.2. The molecule has 26 heavy (non-hydrogen) atoms. The van der Waals surface area contributed by atoms with Crippen molar-refractivity contribution in [3.8, 4) is 0 Å². The van der Waals surface area contributed by atoms with E-state index in [2.05, 4.69) is 4.72 Å². The summed E-state index contributed by atoms with van der Waals surface area (Å²) in [5.41, 5.74) is -5.67. The minimum atomic E-state index is -5.57. The number of alkyl halides is 3. The van der Waals surface area contributed by atoms with Gasteiger partial charge in [-0.15, -0.1) is 0 Å². The van der Waals surface area contributed by atoms with Gasteiger partial charge in [-0.25, -0.2) is 30.0 Å². The van der Waals surface area contributed by atoms with Crippen molar-refractivity contribution in [1.82, 2.24) is 4.72 Å². The predicted molar refractivity (Wildman–Crippen MR) is 89.2 cm³/mol. The maximum Gasteiger partial charge on any atom is 0.497 e. The number of hydrogen-bond acceptors (Lipinski definition) is 6. The lowest BCUT2D eigenvalue weighted by molar-refractivity contribution is -0.0434. The van der Waals surface area contributed by atoms with Crippen molar-refractivity contribution in [1.29, 1.82) is 0 Å². The highest BCUT2D eigenvalue weighted by atomic mass is 32.2. The Balaban J connectivity index is 2.86. The molecule has 0 unspecified atom stereocenters. The van der Waals surface area contributed by atoms with Gasteiger partial charge in [-0.05, 0) is 38.1 Å². The predicted octanol–water partition coefficient (Wildman–Crippen LogP) is 1.05. The first-order valence-electron chi connectivity index (χ1n) is 6.98. The second-order valence-electron chi connectivity index (χ2n) is 5.49. The van der Waals surface area contributed by atoms with E-state index in [4.69, 9.17) is 0 Å². The number of sulfonamides is 2. The number of halogens is 3. The molecule has 1 aromatic rings. The smallest absolute Gasteiger partial charge is 0.284 e. The summed E-state index contributed by atoms with van der Waals surface area (Å²) in [6, 6.07) is 3.99. The van der Waals surface area contributed by atoms with Crippen LogP contribution in [0.1, 0.15) is 13.8 Å². The minimum Gasteiger partial charge on any atom is -0.284 e. The highest BCUT2D eigenvalue weighted by molar-refractivity contribution is 7.96. The molecule has 0 aromatic heterocycles. The Kier molecular flexibility index (Phi) is 6.71. The minimum absolute atomic E-state index is 0.127. The first kappa shape index (κ1) is 22.7. The molecule has 0 radical (unpaired) electrons. The van der Waals surface area contributed by atoms with E-state index < -0.39 is 46.9 Å². The number of nitrogens with one attached hydrogen (secondary N) is 2. The van der Waals surface area contributed by atoms with Crippen LogP contribution in [0.3, 0.4) is 0 Å². The number of benzene rings is 1. The van der Waals surface area contributed by atoms with Gasteiger partial charge in [0.15, 0.2) is 0 Å². The third-order valence-corrected chi connectivity index (χ3v) is 7.47. The van der Waals surface area contributed by atoms with Crippen LogP contribution < -0.4 is 9.44 Å². The molecule has 0 fully saturated rings. The quantitative estimate of drug-likeness (QED) is 0.625. The third-order valence-electron chi connectivity index (χ3n) is 2.80. The molecule has 0 bridgehead atoms. The third kappa shape index (κ3) is 6.41. The monoisotopic (exact) mass is 438 g/mol. The van der Waals surface area contributed by atoms with E-state index in [1.165, 1.54) is 0 Å². The summed E-state index contributed by atoms with van der Waals surface area (Å²) in [4.78, 5) is -0.145. The van der Waals surface area contributed by atoms with Crippen LogP contribution in [0.4, 0.5) is 18.9 Å². The van der Waals surface area contributed by atoms with Crippen LogP contribution in [0.5, 0.6) is 0 Å². The summed E-state index contributed by atoms with van der Waals surface area (Å²) in [6.45, 7) is 3.21. The Labute approximate surface area is 149 Å². The second-order valence-corrected chi connectivity index (χ2v) is 11.1. The lowest BCUT2D eigenvalue weighted by Crippen LogP contribution is -2.31. The van der Waals surface area contributed by atoms with Gasteiger partial charge >= 0.3 is 5.51 Å². The molecule has 2 N–H and O–H groups in total. The summed E-state index contributed by atoms with van der Waals surface area (Å²) >= 11 is 0. The van der Waals surface area contributed by atoms with E-state index in [1.807, 2.05) is 4.72 Å². The summed E-state index contributed by atoms with van der Waals surface area (Å²) < 4.78 is 110. The largest absolute Gasteiger partial charge is 0.497 e. The zero-order chi connectivity index (χ0) is 20.4.